The summed E-state index contributed by atoms with van der Waals surface area (Å²) in [5.41, 5.74) is 10.6. The Bertz CT molecular complexity index is 1080. The van der Waals surface area contributed by atoms with Crippen LogP contribution >= 0.6 is 11.3 Å². The summed E-state index contributed by atoms with van der Waals surface area (Å²) in [6, 6.07) is 2.50. The molecule has 2 atom stereocenters. The van der Waals surface area contributed by atoms with Gasteiger partial charge in [0.1, 0.15) is 33.6 Å². The first-order chi connectivity index (χ1) is 16.6. The van der Waals surface area contributed by atoms with Crippen molar-refractivity contribution in [3.63, 3.8) is 0 Å². The lowest BCUT2D eigenvalue weighted by molar-refractivity contribution is 0.0962. The predicted molar refractivity (Wildman–Crippen MR) is 123 cm³/mol. The smallest absolute Gasteiger partial charge is 0.277 e. The Morgan fingerprint density at radius 1 is 1.29 bits per heavy atom. The van der Waals surface area contributed by atoms with E-state index in [-0.39, 0.29) is 53.2 Å². The number of nitrogens with zero attached hydrogens (tertiary/aromatic N) is 2. The minimum Gasteiger partial charge on any atom is -0.389 e. The maximum atomic E-state index is 14.1. The number of aromatic nitrogens is 1. The Morgan fingerprint density at radius 3 is 2.57 bits per heavy atom. The molecule has 1 fully saturated rings. The van der Waals surface area contributed by atoms with Crippen LogP contribution in [0.1, 0.15) is 23.3 Å². The molecule has 1 aliphatic rings. The molecule has 0 saturated carbocycles. The van der Waals surface area contributed by atoms with Gasteiger partial charge in [-0.3, -0.25) is 4.79 Å². The predicted octanol–water partition coefficient (Wildman–Crippen LogP) is 2.83. The summed E-state index contributed by atoms with van der Waals surface area (Å²) in [6.45, 7) is -0.501. The number of halogens is 5. The Morgan fingerprint density at radius 2 is 1.94 bits per heavy atom. The fraction of sp³-hybridized carbons (Fsp3) is 0.381. The monoisotopic (exact) mass is 517 g/mol. The van der Waals surface area contributed by atoms with E-state index in [1.165, 1.54) is 11.0 Å². The number of rotatable bonds is 8. The van der Waals surface area contributed by atoms with Crippen molar-refractivity contribution in [2.75, 3.05) is 25.4 Å². The molecule has 7 N–H and O–H groups in total. The van der Waals surface area contributed by atoms with Gasteiger partial charge in [-0.1, -0.05) is 17.4 Å². The molecule has 0 bridgehead atoms. The number of hydrogen-bond donors (Lipinski definition) is 5. The highest BCUT2D eigenvalue weighted by molar-refractivity contribution is 7.19. The van der Waals surface area contributed by atoms with Crippen molar-refractivity contribution in [1.29, 1.82) is 5.41 Å². The van der Waals surface area contributed by atoms with Crippen molar-refractivity contribution in [3.05, 3.63) is 47.0 Å². The molecule has 1 aromatic heterocycles. The molecule has 0 unspecified atom stereocenters. The molecule has 3 rings (SSSR count). The number of carbonyl (C=O) groups is 1. The van der Waals surface area contributed by atoms with E-state index in [2.05, 4.69) is 15.6 Å². The minimum absolute atomic E-state index is 0.0240. The van der Waals surface area contributed by atoms with E-state index >= 15 is 0 Å². The molecule has 14 heteroatoms. The first kappa shape index (κ1) is 26.3. The summed E-state index contributed by atoms with van der Waals surface area (Å²) in [7, 11) is 0. The first-order valence-electron chi connectivity index (χ1n) is 10.6. The number of thiazole rings is 1. The van der Waals surface area contributed by atoms with Gasteiger partial charge < -0.3 is 32.4 Å². The van der Waals surface area contributed by atoms with Gasteiger partial charge in [0.15, 0.2) is 5.69 Å². The van der Waals surface area contributed by atoms with Crippen molar-refractivity contribution < 1.29 is 26.7 Å². The number of benzene rings is 1. The lowest BCUT2D eigenvalue weighted by atomic mass is 10.1. The molecule has 1 amide bonds. The van der Waals surface area contributed by atoms with Crippen molar-refractivity contribution in [2.45, 2.75) is 31.5 Å². The molecule has 8 nitrogen and oxygen atoms in total. The van der Waals surface area contributed by atoms with E-state index < -0.39 is 48.3 Å². The van der Waals surface area contributed by atoms with Gasteiger partial charge in [0.05, 0.1) is 17.8 Å². The topological polar surface area (TPSA) is 133 Å². The van der Waals surface area contributed by atoms with E-state index in [1.807, 2.05) is 0 Å². The summed E-state index contributed by atoms with van der Waals surface area (Å²) in [4.78, 5) is 18.4. The quantitative estimate of drug-likeness (QED) is 0.270. The molecule has 35 heavy (non-hydrogen) atoms. The van der Waals surface area contributed by atoms with E-state index in [1.54, 1.807) is 0 Å². The van der Waals surface area contributed by atoms with Crippen LogP contribution in [0.3, 0.4) is 0 Å². The molecule has 2 heterocycles. The van der Waals surface area contributed by atoms with E-state index in [0.717, 1.165) is 18.3 Å². The zero-order chi connectivity index (χ0) is 25.7. The van der Waals surface area contributed by atoms with Crippen LogP contribution in [0, 0.1) is 17.0 Å². The molecule has 1 aliphatic heterocycles. The van der Waals surface area contributed by atoms with Crippen LogP contribution < -0.4 is 22.1 Å². The number of alkyl halides is 3. The fourth-order valence-corrected chi connectivity index (χ4v) is 4.39. The van der Waals surface area contributed by atoms with Crippen LogP contribution in [-0.2, 0) is 0 Å². The van der Waals surface area contributed by atoms with Gasteiger partial charge in [-0.05, 0) is 25.0 Å². The highest BCUT2D eigenvalue weighted by Crippen LogP contribution is 2.33. The number of amides is 1. The number of nitrogens with one attached hydrogen (secondary N) is 3. The van der Waals surface area contributed by atoms with Crippen molar-refractivity contribution in [2.24, 2.45) is 5.73 Å². The van der Waals surface area contributed by atoms with Crippen LogP contribution in [0.15, 0.2) is 29.7 Å². The number of nitrogens with two attached hydrogens (primary N) is 2. The number of allylic oxidation sites excluding steroid dienone is 1. The van der Waals surface area contributed by atoms with Gasteiger partial charge in [0, 0.05) is 25.3 Å². The standard InChI is InChI=1S/C21H24F5N7OS/c22-10-4-6-33(7-5-13(10)28)19(30-9-15(25)26)14(8-27)31-20(34)17-18(29)35-21(32-17)16-11(23)2-1-3-12(16)24/h1-3,8,10,13,15,27,30H,4-7,9,28-29H2,(H,31,34)/b19-14-,27-8?/t10-,13-/m0/s1. The Balaban J connectivity index is 1.92. The molecular weight excluding hydrogens is 493 g/mol. The van der Waals surface area contributed by atoms with Gasteiger partial charge in [-0.25, -0.2) is 26.9 Å². The van der Waals surface area contributed by atoms with Crippen molar-refractivity contribution in [3.8, 4) is 10.6 Å². The van der Waals surface area contributed by atoms with Gasteiger partial charge in [-0.2, -0.15) is 0 Å². The summed E-state index contributed by atoms with van der Waals surface area (Å²) < 4.78 is 68.2. The molecule has 0 radical (unpaired) electrons. The van der Waals surface area contributed by atoms with Crippen LogP contribution in [0.2, 0.25) is 0 Å². The van der Waals surface area contributed by atoms with Crippen LogP contribution in [0.4, 0.5) is 27.0 Å². The van der Waals surface area contributed by atoms with Crippen LogP contribution in [0.25, 0.3) is 10.6 Å². The van der Waals surface area contributed by atoms with Gasteiger partial charge in [0.2, 0.25) is 0 Å². The molecule has 0 aliphatic carbocycles. The fourth-order valence-electron chi connectivity index (χ4n) is 3.51. The van der Waals surface area contributed by atoms with Crippen molar-refractivity contribution in [1.82, 2.24) is 20.5 Å². The zero-order valence-electron chi connectivity index (χ0n) is 18.3. The summed E-state index contributed by atoms with van der Waals surface area (Å²) in [6.07, 6.45) is -3.07. The third-order valence-electron chi connectivity index (χ3n) is 5.30. The SMILES string of the molecule is N=C/C(NC(=O)c1nc(-c2c(F)cccc2F)sc1N)=C(\NCC(F)F)N1CC[C@H](N)[C@@H](F)CC1. The highest BCUT2D eigenvalue weighted by atomic mass is 32.1. The lowest BCUT2D eigenvalue weighted by Crippen LogP contribution is -2.40. The van der Waals surface area contributed by atoms with Gasteiger partial charge >= 0.3 is 0 Å². The molecule has 190 valence electrons. The normalized spacial score (nSPS) is 19.2. The average molecular weight is 518 g/mol. The number of anilines is 1. The van der Waals surface area contributed by atoms with Crippen LogP contribution in [-0.4, -0.2) is 60.3 Å². The third kappa shape index (κ3) is 6.25. The van der Waals surface area contributed by atoms with Crippen molar-refractivity contribution >= 4 is 28.5 Å². The number of hydrogen-bond acceptors (Lipinski definition) is 8. The Hall–Kier alpha value is -3.26. The number of likely N-dealkylation sites (tertiary alicyclic amines) is 1. The molecule has 0 spiro atoms. The second-order valence-electron chi connectivity index (χ2n) is 7.71. The Kier molecular flexibility index (Phi) is 8.62. The molecule has 1 aromatic carbocycles. The molecule has 1 saturated heterocycles. The summed E-state index contributed by atoms with van der Waals surface area (Å²) >= 11 is 0.685. The van der Waals surface area contributed by atoms with Crippen LogP contribution in [0.5, 0.6) is 0 Å². The number of nitrogen functional groups attached to an aromatic ring is 1. The molecule has 2 aromatic rings. The summed E-state index contributed by atoms with van der Waals surface area (Å²) in [5.74, 6) is -2.74. The third-order valence-corrected chi connectivity index (χ3v) is 6.21. The highest BCUT2D eigenvalue weighted by Gasteiger charge is 2.27. The van der Waals surface area contributed by atoms with Gasteiger partial charge in [-0.15, -0.1) is 0 Å². The van der Waals surface area contributed by atoms with E-state index in [9.17, 15) is 26.7 Å². The minimum atomic E-state index is -2.75. The van der Waals surface area contributed by atoms with E-state index in [0.29, 0.717) is 11.3 Å². The van der Waals surface area contributed by atoms with Gasteiger partial charge in [0.25, 0.3) is 12.3 Å². The second-order valence-corrected chi connectivity index (χ2v) is 8.74. The zero-order valence-corrected chi connectivity index (χ0v) is 19.1. The molecular formula is C21H24F5N7OS. The Labute approximate surface area is 201 Å². The largest absolute Gasteiger partial charge is 0.389 e. The van der Waals surface area contributed by atoms with E-state index in [4.69, 9.17) is 16.9 Å². The average Bonchev–Trinajstić information content (AvgIpc) is 3.10. The maximum Gasteiger partial charge on any atom is 0.277 e. The summed E-state index contributed by atoms with van der Waals surface area (Å²) in [5, 5.41) is 12.3. The number of carbonyl (C=O) groups excluding carboxylic acids is 1. The maximum absolute atomic E-state index is 14.1. The second kappa shape index (κ2) is 11.4. The lowest BCUT2D eigenvalue weighted by Gasteiger charge is -2.28. The first-order valence-corrected chi connectivity index (χ1v) is 11.4.